The summed E-state index contributed by atoms with van der Waals surface area (Å²) in [5.41, 5.74) is 0.964. The highest BCUT2D eigenvalue weighted by molar-refractivity contribution is 5.94. The molecule has 0 aliphatic heterocycles. The van der Waals surface area contributed by atoms with Crippen molar-refractivity contribution in [2.45, 2.75) is 38.9 Å². The zero-order valence-electron chi connectivity index (χ0n) is 15.7. The van der Waals surface area contributed by atoms with Gasteiger partial charge in [-0.3, -0.25) is 14.6 Å². The molecule has 29 heavy (non-hydrogen) atoms. The second kappa shape index (κ2) is 9.44. The van der Waals surface area contributed by atoms with Crippen LogP contribution in [0.5, 0.6) is 5.88 Å². The van der Waals surface area contributed by atoms with Crippen molar-refractivity contribution in [3.05, 3.63) is 53.2 Å². The van der Waals surface area contributed by atoms with E-state index in [2.05, 4.69) is 20.0 Å². The first-order chi connectivity index (χ1) is 13.6. The molecule has 1 N–H and O–H groups in total. The van der Waals surface area contributed by atoms with Gasteiger partial charge in [-0.1, -0.05) is 6.92 Å². The Labute approximate surface area is 164 Å². The van der Waals surface area contributed by atoms with Gasteiger partial charge in [0.1, 0.15) is 5.78 Å². The van der Waals surface area contributed by atoms with Gasteiger partial charge in [0.05, 0.1) is 6.04 Å². The number of hydrogen-bond acceptors (Lipinski definition) is 5. The molecule has 1 amide bonds. The molecule has 0 aliphatic rings. The summed E-state index contributed by atoms with van der Waals surface area (Å²) in [6.45, 7) is 1.63. The average molecular weight is 413 g/mol. The van der Waals surface area contributed by atoms with Crippen LogP contribution in [0.4, 0.5) is 17.6 Å². The molecule has 0 saturated carbocycles. The molecule has 0 saturated heterocycles. The minimum absolute atomic E-state index is 0.0159. The molecular formula is C19H19F4N3O3. The summed E-state index contributed by atoms with van der Waals surface area (Å²) in [7, 11) is 0. The number of rotatable bonds is 8. The summed E-state index contributed by atoms with van der Waals surface area (Å²) >= 11 is 0. The lowest BCUT2D eigenvalue weighted by Gasteiger charge is -2.15. The third kappa shape index (κ3) is 6.81. The zero-order valence-corrected chi connectivity index (χ0v) is 15.7. The molecule has 1 unspecified atom stereocenters. The number of halogens is 4. The van der Waals surface area contributed by atoms with Crippen LogP contribution in [0, 0.1) is 5.82 Å². The summed E-state index contributed by atoms with van der Waals surface area (Å²) in [5, 5.41) is 2.63. The Morgan fingerprint density at radius 3 is 2.59 bits per heavy atom. The number of carbonyl (C=O) groups is 2. The zero-order chi connectivity index (χ0) is 21.6. The van der Waals surface area contributed by atoms with Gasteiger partial charge < -0.3 is 10.1 Å². The highest BCUT2D eigenvalue weighted by Gasteiger charge is 2.29. The molecule has 0 spiro atoms. The van der Waals surface area contributed by atoms with Crippen molar-refractivity contribution in [2.24, 2.45) is 0 Å². The third-order valence-corrected chi connectivity index (χ3v) is 3.90. The Balaban J connectivity index is 2.05. The average Bonchev–Trinajstić information content (AvgIpc) is 2.66. The summed E-state index contributed by atoms with van der Waals surface area (Å²) in [4.78, 5) is 31.5. The predicted octanol–water partition coefficient (Wildman–Crippen LogP) is 3.57. The van der Waals surface area contributed by atoms with Gasteiger partial charge in [0, 0.05) is 36.5 Å². The normalized spacial score (nSPS) is 12.3. The molecule has 1 atom stereocenters. The minimum atomic E-state index is -4.61. The van der Waals surface area contributed by atoms with E-state index in [-0.39, 0.29) is 23.3 Å². The highest BCUT2D eigenvalue weighted by atomic mass is 19.4. The maximum atomic E-state index is 13.9. The van der Waals surface area contributed by atoms with Crippen molar-refractivity contribution in [3.63, 3.8) is 0 Å². The Hall–Kier alpha value is -3.04. The summed E-state index contributed by atoms with van der Waals surface area (Å²) < 4.78 is 54.7. The third-order valence-electron chi connectivity index (χ3n) is 3.90. The van der Waals surface area contributed by atoms with Crippen molar-refractivity contribution in [2.75, 3.05) is 6.61 Å². The molecule has 6 nitrogen and oxygen atoms in total. The number of carbonyl (C=O) groups excluding carboxylic acids is 2. The van der Waals surface area contributed by atoms with Crippen molar-refractivity contribution >= 4 is 11.7 Å². The first kappa shape index (κ1) is 22.3. The van der Waals surface area contributed by atoms with Crippen molar-refractivity contribution in [3.8, 4) is 5.88 Å². The van der Waals surface area contributed by atoms with Gasteiger partial charge in [-0.25, -0.2) is 9.37 Å². The molecule has 0 fully saturated rings. The summed E-state index contributed by atoms with van der Waals surface area (Å²) in [6.07, 6.45) is -1.61. The quantitative estimate of drug-likeness (QED) is 0.670. The van der Waals surface area contributed by atoms with Gasteiger partial charge in [0.15, 0.2) is 12.4 Å². The SMILES string of the molecule is CCC(=O)Cc1cc(C(=O)NC(C)c2cnc(OCC(F)(F)F)c(F)c2)ccn1. The van der Waals surface area contributed by atoms with Gasteiger partial charge >= 0.3 is 6.18 Å². The second-order valence-electron chi connectivity index (χ2n) is 6.26. The lowest BCUT2D eigenvalue weighted by Crippen LogP contribution is -2.27. The molecule has 156 valence electrons. The van der Waals surface area contributed by atoms with Crippen LogP contribution < -0.4 is 10.1 Å². The smallest absolute Gasteiger partial charge is 0.422 e. The van der Waals surface area contributed by atoms with E-state index in [4.69, 9.17) is 0 Å². The molecule has 0 bridgehead atoms. The number of aromatic nitrogens is 2. The van der Waals surface area contributed by atoms with E-state index in [1.54, 1.807) is 13.8 Å². The fraction of sp³-hybridized carbons (Fsp3) is 0.368. The molecular weight excluding hydrogens is 394 g/mol. The van der Waals surface area contributed by atoms with Crippen molar-refractivity contribution < 1.29 is 31.9 Å². The highest BCUT2D eigenvalue weighted by Crippen LogP contribution is 2.22. The number of ketones is 1. The van der Waals surface area contributed by atoms with Crippen LogP contribution in [0.3, 0.4) is 0 Å². The maximum Gasteiger partial charge on any atom is 0.422 e. The van der Waals surface area contributed by atoms with Crippen molar-refractivity contribution in [1.82, 2.24) is 15.3 Å². The molecule has 2 rings (SSSR count). The fourth-order valence-electron chi connectivity index (χ4n) is 2.34. The van der Waals surface area contributed by atoms with Crippen LogP contribution >= 0.6 is 0 Å². The number of Topliss-reactive ketones (excluding diaryl/α,β-unsaturated/α-hetero) is 1. The Morgan fingerprint density at radius 2 is 1.97 bits per heavy atom. The first-order valence-electron chi connectivity index (χ1n) is 8.71. The van der Waals surface area contributed by atoms with Crippen LogP contribution in [0.15, 0.2) is 30.6 Å². The topological polar surface area (TPSA) is 81.2 Å². The van der Waals surface area contributed by atoms with Crippen LogP contribution in [-0.2, 0) is 11.2 Å². The molecule has 0 aromatic carbocycles. The lowest BCUT2D eigenvalue weighted by molar-refractivity contribution is -0.154. The number of nitrogens with zero attached hydrogens (tertiary/aromatic N) is 2. The van der Waals surface area contributed by atoms with E-state index in [0.717, 1.165) is 12.3 Å². The van der Waals surface area contributed by atoms with E-state index >= 15 is 0 Å². The summed E-state index contributed by atoms with van der Waals surface area (Å²) in [6, 6.07) is 3.22. The van der Waals surface area contributed by atoms with Crippen molar-refractivity contribution in [1.29, 1.82) is 0 Å². The van der Waals surface area contributed by atoms with Gasteiger partial charge in [-0.05, 0) is 30.7 Å². The standard InChI is InChI=1S/C19H19F4N3O3/c1-3-15(27)8-14-6-12(4-5-24-14)17(28)26-11(2)13-7-16(20)18(25-9-13)29-10-19(21,22)23/h4-7,9,11H,3,8,10H2,1-2H3,(H,26,28). The fourth-order valence-corrected chi connectivity index (χ4v) is 2.34. The molecule has 2 aromatic rings. The molecule has 0 aliphatic carbocycles. The predicted molar refractivity (Wildman–Crippen MR) is 94.9 cm³/mol. The van der Waals surface area contributed by atoms with Crippen LogP contribution in [0.1, 0.15) is 47.9 Å². The van der Waals surface area contributed by atoms with Gasteiger partial charge in [-0.2, -0.15) is 13.2 Å². The lowest BCUT2D eigenvalue weighted by atomic mass is 10.1. The van der Waals surface area contributed by atoms with Gasteiger partial charge in [0.25, 0.3) is 11.8 Å². The number of pyridine rings is 2. The minimum Gasteiger partial charge on any atom is -0.466 e. The van der Waals surface area contributed by atoms with Gasteiger partial charge in [-0.15, -0.1) is 0 Å². The number of hydrogen-bond donors (Lipinski definition) is 1. The van der Waals surface area contributed by atoms with E-state index in [9.17, 15) is 27.2 Å². The summed E-state index contributed by atoms with van der Waals surface area (Å²) in [5.74, 6) is -2.35. The number of nitrogens with one attached hydrogen (secondary N) is 1. The van der Waals surface area contributed by atoms with Crippen LogP contribution in [-0.4, -0.2) is 34.4 Å². The number of ether oxygens (including phenoxy) is 1. The monoisotopic (exact) mass is 413 g/mol. The maximum absolute atomic E-state index is 13.9. The molecule has 2 aromatic heterocycles. The molecule has 0 radical (unpaired) electrons. The van der Waals surface area contributed by atoms with Crippen LogP contribution in [0.25, 0.3) is 0 Å². The molecule has 2 heterocycles. The first-order valence-corrected chi connectivity index (χ1v) is 8.71. The second-order valence-corrected chi connectivity index (χ2v) is 6.26. The van der Waals surface area contributed by atoms with Crippen LogP contribution in [0.2, 0.25) is 0 Å². The van der Waals surface area contributed by atoms with E-state index in [1.165, 1.54) is 18.3 Å². The van der Waals surface area contributed by atoms with E-state index < -0.39 is 36.4 Å². The van der Waals surface area contributed by atoms with E-state index in [0.29, 0.717) is 12.1 Å². The Kier molecular flexibility index (Phi) is 7.24. The molecule has 10 heteroatoms. The van der Waals surface area contributed by atoms with Gasteiger partial charge in [0.2, 0.25) is 0 Å². The number of alkyl halides is 3. The Morgan fingerprint density at radius 1 is 1.24 bits per heavy atom. The number of amides is 1. The largest absolute Gasteiger partial charge is 0.466 e. The Bertz CT molecular complexity index is 887. The van der Waals surface area contributed by atoms with E-state index in [1.807, 2.05) is 0 Å².